The maximum absolute atomic E-state index is 12.1. The number of benzene rings is 1. The number of nitrogens with one attached hydrogen (secondary N) is 3. The maximum Gasteiger partial charge on any atom is 0.252 e. The molecule has 5 nitrogen and oxygen atoms in total. The van der Waals surface area contributed by atoms with Crippen LogP contribution in [0.1, 0.15) is 31.1 Å². The zero-order chi connectivity index (χ0) is 16.0. The molecular formula is C15H22ClN3O2. The zero-order valence-corrected chi connectivity index (χ0v) is 13.5. The van der Waals surface area contributed by atoms with Crippen LogP contribution in [0.25, 0.3) is 0 Å². The van der Waals surface area contributed by atoms with Gasteiger partial charge in [-0.3, -0.25) is 9.59 Å². The van der Waals surface area contributed by atoms with Gasteiger partial charge in [-0.1, -0.05) is 25.4 Å². The average molecular weight is 312 g/mol. The van der Waals surface area contributed by atoms with Gasteiger partial charge in [0.1, 0.15) is 0 Å². The summed E-state index contributed by atoms with van der Waals surface area (Å²) in [6.45, 7) is 6.06. The van der Waals surface area contributed by atoms with Crippen molar-refractivity contribution >= 4 is 29.1 Å². The normalized spacial score (nSPS) is 12.1. The number of hydrogen-bond acceptors (Lipinski definition) is 3. The van der Waals surface area contributed by atoms with Gasteiger partial charge in [-0.2, -0.15) is 0 Å². The molecule has 0 radical (unpaired) electrons. The van der Waals surface area contributed by atoms with Crippen LogP contribution in [-0.2, 0) is 4.79 Å². The van der Waals surface area contributed by atoms with Crippen LogP contribution < -0.4 is 16.0 Å². The molecular weight excluding hydrogens is 290 g/mol. The summed E-state index contributed by atoms with van der Waals surface area (Å²) in [5.41, 5.74) is 0.909. The number of anilines is 1. The fourth-order valence-corrected chi connectivity index (χ4v) is 1.71. The molecule has 0 heterocycles. The van der Waals surface area contributed by atoms with Gasteiger partial charge in [0.15, 0.2) is 0 Å². The van der Waals surface area contributed by atoms with Crippen molar-refractivity contribution in [2.45, 2.75) is 26.8 Å². The maximum atomic E-state index is 12.1. The molecule has 0 bridgehead atoms. The van der Waals surface area contributed by atoms with Gasteiger partial charge in [0.25, 0.3) is 5.91 Å². The van der Waals surface area contributed by atoms with Gasteiger partial charge in [0, 0.05) is 24.2 Å². The van der Waals surface area contributed by atoms with Crippen molar-refractivity contribution in [2.24, 2.45) is 5.92 Å². The molecule has 21 heavy (non-hydrogen) atoms. The second kappa shape index (κ2) is 8.00. The third kappa shape index (κ3) is 5.36. The van der Waals surface area contributed by atoms with E-state index in [0.717, 1.165) is 0 Å². The average Bonchev–Trinajstić information content (AvgIpc) is 2.46. The zero-order valence-electron chi connectivity index (χ0n) is 12.8. The highest BCUT2D eigenvalue weighted by atomic mass is 35.5. The minimum atomic E-state index is -0.261. The fraction of sp³-hybridized carbons (Fsp3) is 0.467. The van der Waals surface area contributed by atoms with Crippen molar-refractivity contribution in [3.63, 3.8) is 0 Å². The van der Waals surface area contributed by atoms with Crippen molar-refractivity contribution in [1.82, 2.24) is 10.6 Å². The van der Waals surface area contributed by atoms with Crippen LogP contribution in [0.15, 0.2) is 18.2 Å². The fourth-order valence-electron chi connectivity index (χ4n) is 1.51. The molecule has 1 rings (SSSR count). The number of halogens is 1. The lowest BCUT2D eigenvalue weighted by atomic mass is 10.1. The van der Waals surface area contributed by atoms with Crippen molar-refractivity contribution in [2.75, 3.05) is 18.9 Å². The SMILES string of the molecule is CNC(C)CNC(=O)c1cc(NC(=O)C(C)C)ccc1Cl. The first-order valence-corrected chi connectivity index (χ1v) is 7.28. The van der Waals surface area contributed by atoms with Crippen molar-refractivity contribution < 1.29 is 9.59 Å². The molecule has 0 aromatic heterocycles. The molecule has 0 fully saturated rings. The summed E-state index contributed by atoms with van der Waals surface area (Å²) in [7, 11) is 1.83. The van der Waals surface area contributed by atoms with E-state index < -0.39 is 0 Å². The van der Waals surface area contributed by atoms with Crippen LogP contribution in [0, 0.1) is 5.92 Å². The smallest absolute Gasteiger partial charge is 0.252 e. The lowest BCUT2D eigenvalue weighted by molar-refractivity contribution is -0.118. The first kappa shape index (κ1) is 17.5. The highest BCUT2D eigenvalue weighted by Gasteiger charge is 2.14. The van der Waals surface area contributed by atoms with Crippen LogP contribution in [0.2, 0.25) is 5.02 Å². The van der Waals surface area contributed by atoms with Gasteiger partial charge in [-0.15, -0.1) is 0 Å². The van der Waals surface area contributed by atoms with E-state index >= 15 is 0 Å². The molecule has 0 saturated carbocycles. The number of carbonyl (C=O) groups is 2. The molecule has 1 aromatic carbocycles. The number of rotatable bonds is 6. The van der Waals surface area contributed by atoms with E-state index in [2.05, 4.69) is 16.0 Å². The first-order chi connectivity index (χ1) is 9.85. The quantitative estimate of drug-likeness (QED) is 0.755. The third-order valence-electron chi connectivity index (χ3n) is 3.06. The summed E-state index contributed by atoms with van der Waals surface area (Å²) in [5, 5.41) is 8.93. The van der Waals surface area contributed by atoms with Gasteiger partial charge in [-0.25, -0.2) is 0 Å². The van der Waals surface area contributed by atoms with Crippen molar-refractivity contribution in [1.29, 1.82) is 0 Å². The molecule has 0 spiro atoms. The number of carbonyl (C=O) groups excluding carboxylic acids is 2. The Balaban J connectivity index is 2.82. The molecule has 0 aliphatic rings. The van der Waals surface area contributed by atoms with Crippen LogP contribution >= 0.6 is 11.6 Å². The van der Waals surface area contributed by atoms with Gasteiger partial charge in [-0.05, 0) is 32.2 Å². The summed E-state index contributed by atoms with van der Waals surface area (Å²) < 4.78 is 0. The van der Waals surface area contributed by atoms with Gasteiger partial charge < -0.3 is 16.0 Å². The second-order valence-corrected chi connectivity index (χ2v) is 5.65. The predicted molar refractivity (Wildman–Crippen MR) is 85.8 cm³/mol. The third-order valence-corrected chi connectivity index (χ3v) is 3.39. The van der Waals surface area contributed by atoms with Crippen LogP contribution in [-0.4, -0.2) is 31.4 Å². The Bertz CT molecular complexity index is 518. The van der Waals surface area contributed by atoms with E-state index in [9.17, 15) is 9.59 Å². The Morgan fingerprint density at radius 2 is 1.90 bits per heavy atom. The lowest BCUT2D eigenvalue weighted by Gasteiger charge is -2.13. The van der Waals surface area contributed by atoms with E-state index in [1.54, 1.807) is 32.0 Å². The van der Waals surface area contributed by atoms with Crippen LogP contribution in [0.4, 0.5) is 5.69 Å². The topological polar surface area (TPSA) is 70.2 Å². The van der Waals surface area contributed by atoms with Gasteiger partial charge in [0.05, 0.1) is 10.6 Å². The molecule has 116 valence electrons. The largest absolute Gasteiger partial charge is 0.350 e. The van der Waals surface area contributed by atoms with E-state index in [0.29, 0.717) is 22.8 Å². The molecule has 0 saturated heterocycles. The Hall–Kier alpha value is -1.59. The van der Waals surface area contributed by atoms with E-state index in [-0.39, 0.29) is 23.8 Å². The Morgan fingerprint density at radius 1 is 1.24 bits per heavy atom. The Labute approximate surface area is 130 Å². The summed E-state index contributed by atoms with van der Waals surface area (Å²) >= 11 is 6.05. The van der Waals surface area contributed by atoms with E-state index in [4.69, 9.17) is 11.6 Å². The first-order valence-electron chi connectivity index (χ1n) is 6.91. The number of amides is 2. The molecule has 0 aliphatic carbocycles. The van der Waals surface area contributed by atoms with E-state index in [1.807, 2.05) is 14.0 Å². The predicted octanol–water partition coefficient (Wildman–Crippen LogP) is 2.27. The highest BCUT2D eigenvalue weighted by Crippen LogP contribution is 2.21. The summed E-state index contributed by atoms with van der Waals surface area (Å²) in [5.74, 6) is -0.496. The minimum absolute atomic E-state index is 0.104. The molecule has 1 unspecified atom stereocenters. The lowest BCUT2D eigenvalue weighted by Crippen LogP contribution is -2.37. The molecule has 0 aliphatic heterocycles. The summed E-state index contributed by atoms with van der Waals surface area (Å²) in [6.07, 6.45) is 0. The summed E-state index contributed by atoms with van der Waals surface area (Å²) in [6, 6.07) is 5.03. The van der Waals surface area contributed by atoms with Crippen molar-refractivity contribution in [3.8, 4) is 0 Å². The highest BCUT2D eigenvalue weighted by molar-refractivity contribution is 6.34. The van der Waals surface area contributed by atoms with Crippen LogP contribution in [0.5, 0.6) is 0 Å². The minimum Gasteiger partial charge on any atom is -0.350 e. The van der Waals surface area contributed by atoms with Gasteiger partial charge in [0.2, 0.25) is 5.91 Å². The van der Waals surface area contributed by atoms with Crippen LogP contribution in [0.3, 0.4) is 0 Å². The van der Waals surface area contributed by atoms with E-state index in [1.165, 1.54) is 0 Å². The molecule has 6 heteroatoms. The summed E-state index contributed by atoms with van der Waals surface area (Å²) in [4.78, 5) is 23.8. The van der Waals surface area contributed by atoms with Crippen molar-refractivity contribution in [3.05, 3.63) is 28.8 Å². The van der Waals surface area contributed by atoms with Gasteiger partial charge >= 0.3 is 0 Å². The molecule has 1 atom stereocenters. The molecule has 2 amide bonds. The second-order valence-electron chi connectivity index (χ2n) is 5.24. The molecule has 1 aromatic rings. The Morgan fingerprint density at radius 3 is 2.48 bits per heavy atom. The number of likely N-dealkylation sites (N-methyl/N-ethyl adjacent to an activating group) is 1. The Kier molecular flexibility index (Phi) is 6.65. The number of hydrogen-bond donors (Lipinski definition) is 3. The molecule has 3 N–H and O–H groups in total. The standard InChI is InChI=1S/C15H22ClN3O2/c1-9(2)14(20)19-11-5-6-13(16)12(7-11)15(21)18-8-10(3)17-4/h5-7,9-10,17H,8H2,1-4H3,(H,18,21)(H,19,20). The monoisotopic (exact) mass is 311 g/mol.